The Labute approximate surface area is 231 Å². The standard InChI is InChI=1S/C33H41NO5/c1-30(28(35)21-7-10-23(36-2)11-8-21)19-31-13-14-33(30,38-4)29-32(31)15-16-34(18-20-5-6-20)25(31)17-22-9-12-24(37-3)27(39-29)26(22)32/h7-12,20,25,28-29,35H,5-6,13-19H2,1-4H3/t25?,28-,29+,30?,31?,32+,33+/m1/s1. The molecule has 4 saturated carbocycles. The molecule has 3 unspecified atom stereocenters. The number of methoxy groups -OCH3 is 3. The Morgan fingerprint density at radius 1 is 1.03 bits per heavy atom. The zero-order chi connectivity index (χ0) is 26.8. The molecule has 208 valence electrons. The molecular weight excluding hydrogens is 490 g/mol. The lowest BCUT2D eigenvalue weighted by atomic mass is 9.31. The fraction of sp³-hybridized carbons (Fsp3) is 0.636. The molecule has 6 nitrogen and oxygen atoms in total. The Hall–Kier alpha value is -2.28. The van der Waals surface area contributed by atoms with E-state index in [4.69, 9.17) is 18.9 Å². The summed E-state index contributed by atoms with van der Waals surface area (Å²) in [6.07, 6.45) is 6.92. The third-order valence-electron chi connectivity index (χ3n) is 12.3. The topological polar surface area (TPSA) is 60.4 Å². The van der Waals surface area contributed by atoms with Crippen LogP contribution in [0.4, 0.5) is 0 Å². The highest BCUT2D eigenvalue weighted by Gasteiger charge is 2.84. The van der Waals surface area contributed by atoms with Gasteiger partial charge in [0.25, 0.3) is 0 Å². The van der Waals surface area contributed by atoms with E-state index < -0.39 is 17.1 Å². The summed E-state index contributed by atoms with van der Waals surface area (Å²) in [5, 5.41) is 12.3. The van der Waals surface area contributed by atoms with E-state index in [1.807, 2.05) is 31.4 Å². The van der Waals surface area contributed by atoms with E-state index in [2.05, 4.69) is 24.0 Å². The number of fused-ring (bicyclic) bond motifs is 2. The predicted molar refractivity (Wildman–Crippen MR) is 148 cm³/mol. The van der Waals surface area contributed by atoms with Crippen LogP contribution in [0.25, 0.3) is 0 Å². The molecular formula is C33H41NO5. The highest BCUT2D eigenvalue weighted by atomic mass is 16.6. The lowest BCUT2D eigenvalue weighted by Crippen LogP contribution is -2.83. The molecule has 39 heavy (non-hydrogen) atoms. The van der Waals surface area contributed by atoms with Crippen molar-refractivity contribution in [2.24, 2.45) is 16.7 Å². The zero-order valence-electron chi connectivity index (χ0n) is 23.7. The fourth-order valence-corrected chi connectivity index (χ4v) is 10.5. The number of hydrogen-bond acceptors (Lipinski definition) is 6. The van der Waals surface area contributed by atoms with Crippen molar-refractivity contribution in [1.82, 2.24) is 4.90 Å². The number of likely N-dealkylation sites (tertiary alicyclic amines) is 1. The minimum Gasteiger partial charge on any atom is -0.497 e. The van der Waals surface area contributed by atoms with Crippen LogP contribution < -0.4 is 14.2 Å². The third-order valence-corrected chi connectivity index (χ3v) is 12.3. The van der Waals surface area contributed by atoms with Gasteiger partial charge in [0.15, 0.2) is 11.5 Å². The number of aliphatic hydroxyl groups is 1. The van der Waals surface area contributed by atoms with Crippen LogP contribution in [-0.4, -0.2) is 62.2 Å². The molecule has 5 fully saturated rings. The minimum atomic E-state index is -0.689. The van der Waals surface area contributed by atoms with Crippen LogP contribution in [-0.2, 0) is 16.6 Å². The van der Waals surface area contributed by atoms with E-state index in [1.165, 1.54) is 30.5 Å². The van der Waals surface area contributed by atoms with E-state index in [0.29, 0.717) is 6.04 Å². The van der Waals surface area contributed by atoms with Crippen LogP contribution >= 0.6 is 0 Å². The highest BCUT2D eigenvalue weighted by molar-refractivity contribution is 5.64. The second-order valence-electron chi connectivity index (χ2n) is 13.5. The molecule has 7 atom stereocenters. The van der Waals surface area contributed by atoms with Gasteiger partial charge in [0, 0.05) is 41.5 Å². The molecule has 2 aromatic carbocycles. The maximum atomic E-state index is 12.3. The van der Waals surface area contributed by atoms with Crippen LogP contribution in [0.5, 0.6) is 17.2 Å². The van der Waals surface area contributed by atoms with Crippen LogP contribution in [0, 0.1) is 16.7 Å². The summed E-state index contributed by atoms with van der Waals surface area (Å²) < 4.78 is 25.2. The largest absolute Gasteiger partial charge is 0.497 e. The summed E-state index contributed by atoms with van der Waals surface area (Å²) >= 11 is 0. The van der Waals surface area contributed by atoms with Crippen molar-refractivity contribution in [2.45, 2.75) is 81.1 Å². The lowest BCUT2D eigenvalue weighted by molar-refractivity contribution is -0.324. The summed E-state index contributed by atoms with van der Waals surface area (Å²) in [6, 6.07) is 12.8. The maximum Gasteiger partial charge on any atom is 0.165 e. The molecule has 2 heterocycles. The predicted octanol–water partition coefficient (Wildman–Crippen LogP) is 5.05. The molecule has 6 heteroatoms. The molecule has 2 spiro atoms. The Morgan fingerprint density at radius 2 is 1.82 bits per heavy atom. The van der Waals surface area contributed by atoms with Gasteiger partial charge in [-0.1, -0.05) is 25.1 Å². The lowest BCUT2D eigenvalue weighted by Gasteiger charge is -2.76. The monoisotopic (exact) mass is 531 g/mol. The minimum absolute atomic E-state index is 0.0118. The summed E-state index contributed by atoms with van der Waals surface area (Å²) in [5.74, 6) is 3.41. The first-order valence-corrected chi connectivity index (χ1v) is 14.9. The van der Waals surface area contributed by atoms with Crippen molar-refractivity contribution in [3.8, 4) is 17.2 Å². The van der Waals surface area contributed by atoms with Crippen LogP contribution in [0.15, 0.2) is 36.4 Å². The molecule has 2 aliphatic heterocycles. The van der Waals surface area contributed by atoms with Gasteiger partial charge >= 0.3 is 0 Å². The number of nitrogens with zero attached hydrogens (tertiary/aromatic N) is 1. The van der Waals surface area contributed by atoms with E-state index >= 15 is 0 Å². The van der Waals surface area contributed by atoms with Gasteiger partial charge in [0.2, 0.25) is 0 Å². The van der Waals surface area contributed by atoms with E-state index in [1.54, 1.807) is 14.2 Å². The molecule has 4 bridgehead atoms. The molecule has 5 aliphatic carbocycles. The molecule has 0 aromatic heterocycles. The normalized spacial score (nSPS) is 40.1. The van der Waals surface area contributed by atoms with Crippen LogP contribution in [0.1, 0.15) is 68.2 Å². The van der Waals surface area contributed by atoms with Crippen molar-refractivity contribution in [2.75, 3.05) is 34.4 Å². The average molecular weight is 532 g/mol. The number of hydrogen-bond donors (Lipinski definition) is 1. The van der Waals surface area contributed by atoms with Gasteiger partial charge in [-0.25, -0.2) is 0 Å². The van der Waals surface area contributed by atoms with Gasteiger partial charge in [-0.2, -0.15) is 0 Å². The maximum absolute atomic E-state index is 12.3. The first-order valence-electron chi connectivity index (χ1n) is 14.9. The number of ether oxygens (including phenoxy) is 4. The molecule has 9 rings (SSSR count). The first-order chi connectivity index (χ1) is 18.9. The quantitative estimate of drug-likeness (QED) is 0.540. The Kier molecular flexibility index (Phi) is 4.98. The average Bonchev–Trinajstić information content (AvgIpc) is 3.71. The van der Waals surface area contributed by atoms with E-state index in [0.717, 1.165) is 67.4 Å². The van der Waals surface area contributed by atoms with Crippen molar-refractivity contribution in [3.63, 3.8) is 0 Å². The van der Waals surface area contributed by atoms with E-state index in [9.17, 15) is 5.11 Å². The molecule has 2 aromatic rings. The molecule has 7 aliphatic rings. The van der Waals surface area contributed by atoms with E-state index in [-0.39, 0.29) is 16.9 Å². The number of benzene rings is 2. The molecule has 0 radical (unpaired) electrons. The number of piperidine rings is 1. The second-order valence-corrected chi connectivity index (χ2v) is 13.5. The zero-order valence-corrected chi connectivity index (χ0v) is 23.7. The molecule has 0 amide bonds. The fourth-order valence-electron chi connectivity index (χ4n) is 10.5. The Bertz CT molecular complexity index is 1320. The van der Waals surface area contributed by atoms with Gasteiger partial charge in [-0.15, -0.1) is 0 Å². The van der Waals surface area contributed by atoms with Gasteiger partial charge in [-0.05, 0) is 86.7 Å². The molecule has 1 saturated heterocycles. The van der Waals surface area contributed by atoms with Crippen molar-refractivity contribution in [1.29, 1.82) is 0 Å². The summed E-state index contributed by atoms with van der Waals surface area (Å²) in [5.41, 5.74) is 2.47. The van der Waals surface area contributed by atoms with Gasteiger partial charge in [0.1, 0.15) is 17.5 Å². The van der Waals surface area contributed by atoms with Crippen molar-refractivity contribution in [3.05, 3.63) is 53.1 Å². The number of rotatable bonds is 7. The SMILES string of the molecule is COc1ccc([C@@H](O)C2(C)CC34CC[C@]2(OC)[C@H]2Oc5c(OC)ccc6c5[C@@]23CCN(CC2CC2)C4C6)cc1. The van der Waals surface area contributed by atoms with Crippen LogP contribution in [0.2, 0.25) is 0 Å². The summed E-state index contributed by atoms with van der Waals surface area (Å²) in [6.45, 7) is 4.59. The van der Waals surface area contributed by atoms with Gasteiger partial charge in [0.05, 0.1) is 20.3 Å². The summed E-state index contributed by atoms with van der Waals surface area (Å²) in [4.78, 5) is 2.84. The smallest absolute Gasteiger partial charge is 0.165 e. The van der Waals surface area contributed by atoms with Gasteiger partial charge < -0.3 is 24.1 Å². The summed E-state index contributed by atoms with van der Waals surface area (Å²) in [7, 11) is 5.28. The van der Waals surface area contributed by atoms with Crippen molar-refractivity contribution >= 4 is 0 Å². The highest BCUT2D eigenvalue weighted by Crippen LogP contribution is 2.80. The molecule has 1 N–H and O–H groups in total. The van der Waals surface area contributed by atoms with Gasteiger partial charge in [-0.3, -0.25) is 4.90 Å². The Balaban J connectivity index is 1.34. The Morgan fingerprint density at radius 3 is 2.51 bits per heavy atom. The van der Waals surface area contributed by atoms with Crippen molar-refractivity contribution < 1.29 is 24.1 Å². The third kappa shape index (κ3) is 2.74. The van der Waals surface area contributed by atoms with Crippen LogP contribution in [0.3, 0.4) is 0 Å². The number of aliphatic hydroxyl groups excluding tert-OH is 1. The second kappa shape index (κ2) is 7.92. The first kappa shape index (κ1) is 24.5.